The van der Waals surface area contributed by atoms with E-state index in [0.717, 1.165) is 5.56 Å². The molecule has 0 spiro atoms. The van der Waals surface area contributed by atoms with Crippen LogP contribution >= 0.6 is 0 Å². The van der Waals surface area contributed by atoms with Gasteiger partial charge in [0.05, 0.1) is 11.6 Å². The summed E-state index contributed by atoms with van der Waals surface area (Å²) in [6.45, 7) is 5.28. The van der Waals surface area contributed by atoms with Gasteiger partial charge >= 0.3 is 0 Å². The summed E-state index contributed by atoms with van der Waals surface area (Å²) in [5.41, 5.74) is 0.448. The average Bonchev–Trinajstić information content (AvgIpc) is 2.27. The van der Waals surface area contributed by atoms with Gasteiger partial charge in [0.25, 0.3) is 0 Å². The van der Waals surface area contributed by atoms with Crippen molar-refractivity contribution in [1.82, 2.24) is 10.3 Å². The summed E-state index contributed by atoms with van der Waals surface area (Å²) in [6.07, 6.45) is 3.95. The van der Waals surface area contributed by atoms with Crippen molar-refractivity contribution < 1.29 is 9.90 Å². The summed E-state index contributed by atoms with van der Waals surface area (Å²) in [4.78, 5) is 15.7. The van der Waals surface area contributed by atoms with Crippen LogP contribution in [0.2, 0.25) is 0 Å². The predicted molar refractivity (Wildman–Crippen MR) is 66.5 cm³/mol. The smallest absolute Gasteiger partial charge is 0.220 e. The van der Waals surface area contributed by atoms with Crippen molar-refractivity contribution in [2.75, 3.05) is 0 Å². The molecule has 1 heterocycles. The van der Waals surface area contributed by atoms with Gasteiger partial charge in [-0.15, -0.1) is 0 Å². The summed E-state index contributed by atoms with van der Waals surface area (Å²) in [5.74, 6) is -0.0558. The Morgan fingerprint density at radius 3 is 2.82 bits per heavy atom. The fourth-order valence-electron chi connectivity index (χ4n) is 1.33. The first-order valence-electron chi connectivity index (χ1n) is 5.80. The first-order chi connectivity index (χ1) is 7.92. The van der Waals surface area contributed by atoms with Crippen LogP contribution in [0, 0.1) is 0 Å². The normalized spacial score (nSPS) is 13.2. The Hall–Kier alpha value is -1.42. The fourth-order valence-corrected chi connectivity index (χ4v) is 1.33. The molecule has 0 aliphatic carbocycles. The third-order valence-corrected chi connectivity index (χ3v) is 2.87. The summed E-state index contributed by atoms with van der Waals surface area (Å²) in [5, 5.41) is 12.3. The van der Waals surface area contributed by atoms with Gasteiger partial charge in [-0.2, -0.15) is 0 Å². The van der Waals surface area contributed by atoms with Crippen molar-refractivity contribution >= 4 is 5.91 Å². The summed E-state index contributed by atoms with van der Waals surface area (Å²) in [7, 11) is 0. The molecule has 0 aliphatic heterocycles. The second kappa shape index (κ2) is 5.77. The van der Waals surface area contributed by atoms with Crippen LogP contribution < -0.4 is 5.32 Å². The molecular weight excluding hydrogens is 216 g/mol. The van der Waals surface area contributed by atoms with E-state index in [1.807, 2.05) is 12.1 Å². The minimum Gasteiger partial charge on any atom is -0.391 e. The molecule has 1 aromatic heterocycles. The number of hydrogen-bond donors (Lipinski definition) is 2. The number of carbonyl (C=O) groups excluding carboxylic acids is 1. The summed E-state index contributed by atoms with van der Waals surface area (Å²) < 4.78 is 0. The van der Waals surface area contributed by atoms with Crippen molar-refractivity contribution in [3.8, 4) is 0 Å². The second-order valence-corrected chi connectivity index (χ2v) is 4.81. The number of amides is 1. The number of nitrogens with zero attached hydrogens (tertiary/aromatic N) is 1. The second-order valence-electron chi connectivity index (χ2n) is 4.81. The van der Waals surface area contributed by atoms with Crippen molar-refractivity contribution in [2.24, 2.45) is 0 Å². The van der Waals surface area contributed by atoms with Gasteiger partial charge in [-0.1, -0.05) is 6.07 Å². The highest BCUT2D eigenvalue weighted by Crippen LogP contribution is 2.09. The highest BCUT2D eigenvalue weighted by molar-refractivity contribution is 5.77. The van der Waals surface area contributed by atoms with Gasteiger partial charge in [0, 0.05) is 18.8 Å². The molecule has 0 bridgehead atoms. The Balaban J connectivity index is 2.41. The monoisotopic (exact) mass is 236 g/mol. The van der Waals surface area contributed by atoms with Crippen molar-refractivity contribution in [2.45, 2.75) is 45.3 Å². The number of nitrogens with one attached hydrogen (secondary N) is 1. The van der Waals surface area contributed by atoms with Gasteiger partial charge in [0.2, 0.25) is 5.91 Å². The SMILES string of the molecule is CC(O)C(C)(C)NC(=O)CCc1cccnc1. The first kappa shape index (κ1) is 13.6. The van der Waals surface area contributed by atoms with Gasteiger partial charge in [0.15, 0.2) is 0 Å². The zero-order chi connectivity index (χ0) is 12.9. The molecule has 0 aromatic carbocycles. The lowest BCUT2D eigenvalue weighted by Crippen LogP contribution is -2.51. The number of rotatable bonds is 5. The minimum atomic E-state index is -0.591. The lowest BCUT2D eigenvalue weighted by Gasteiger charge is -2.29. The van der Waals surface area contributed by atoms with E-state index >= 15 is 0 Å². The van der Waals surface area contributed by atoms with E-state index in [4.69, 9.17) is 0 Å². The van der Waals surface area contributed by atoms with Crippen LogP contribution in [0.3, 0.4) is 0 Å². The molecule has 1 aromatic rings. The van der Waals surface area contributed by atoms with E-state index in [1.165, 1.54) is 0 Å². The standard InChI is InChI=1S/C13H20N2O2/c1-10(16)13(2,3)15-12(17)7-6-11-5-4-8-14-9-11/h4-5,8-10,16H,6-7H2,1-3H3,(H,15,17). The Labute approximate surface area is 102 Å². The lowest BCUT2D eigenvalue weighted by atomic mass is 9.98. The highest BCUT2D eigenvalue weighted by atomic mass is 16.3. The molecule has 94 valence electrons. The number of carbonyl (C=O) groups is 1. The Kier molecular flexibility index (Phi) is 4.63. The zero-order valence-corrected chi connectivity index (χ0v) is 10.6. The molecule has 1 rings (SSSR count). The van der Waals surface area contributed by atoms with Crippen LogP contribution in [-0.4, -0.2) is 27.6 Å². The molecule has 0 saturated heterocycles. The Bertz CT molecular complexity index is 361. The van der Waals surface area contributed by atoms with Gasteiger partial charge in [-0.3, -0.25) is 9.78 Å². The number of aliphatic hydroxyl groups is 1. The molecule has 1 unspecified atom stereocenters. The molecule has 0 radical (unpaired) electrons. The van der Waals surface area contributed by atoms with Crippen LogP contribution in [0.15, 0.2) is 24.5 Å². The molecule has 1 amide bonds. The molecule has 17 heavy (non-hydrogen) atoms. The quantitative estimate of drug-likeness (QED) is 0.809. The van der Waals surface area contributed by atoms with E-state index in [2.05, 4.69) is 10.3 Å². The van der Waals surface area contributed by atoms with Crippen LogP contribution in [-0.2, 0) is 11.2 Å². The fraction of sp³-hybridized carbons (Fsp3) is 0.538. The van der Waals surface area contributed by atoms with E-state index in [9.17, 15) is 9.90 Å². The van der Waals surface area contributed by atoms with Gasteiger partial charge in [-0.25, -0.2) is 0 Å². The summed E-state index contributed by atoms with van der Waals surface area (Å²) >= 11 is 0. The zero-order valence-electron chi connectivity index (χ0n) is 10.6. The van der Waals surface area contributed by atoms with E-state index in [1.54, 1.807) is 33.2 Å². The maximum atomic E-state index is 11.7. The largest absolute Gasteiger partial charge is 0.391 e. The predicted octanol–water partition coefficient (Wildman–Crippen LogP) is 1.29. The third-order valence-electron chi connectivity index (χ3n) is 2.87. The first-order valence-corrected chi connectivity index (χ1v) is 5.80. The maximum Gasteiger partial charge on any atom is 0.220 e. The molecule has 1 atom stereocenters. The summed E-state index contributed by atoms with van der Waals surface area (Å²) in [6, 6.07) is 3.80. The molecule has 2 N–H and O–H groups in total. The molecular formula is C13H20N2O2. The maximum absolute atomic E-state index is 11.7. The van der Waals surface area contributed by atoms with E-state index in [-0.39, 0.29) is 5.91 Å². The van der Waals surface area contributed by atoms with Gasteiger partial charge < -0.3 is 10.4 Å². The number of aromatic nitrogens is 1. The van der Waals surface area contributed by atoms with Crippen molar-refractivity contribution in [3.05, 3.63) is 30.1 Å². The average molecular weight is 236 g/mol. The van der Waals surface area contributed by atoms with Crippen LogP contribution in [0.1, 0.15) is 32.8 Å². The van der Waals surface area contributed by atoms with Crippen molar-refractivity contribution in [1.29, 1.82) is 0 Å². The van der Waals surface area contributed by atoms with Crippen molar-refractivity contribution in [3.63, 3.8) is 0 Å². The van der Waals surface area contributed by atoms with Crippen LogP contribution in [0.4, 0.5) is 0 Å². The Morgan fingerprint density at radius 2 is 2.29 bits per heavy atom. The molecule has 0 saturated carbocycles. The number of aliphatic hydroxyl groups excluding tert-OH is 1. The minimum absolute atomic E-state index is 0.0558. The van der Waals surface area contributed by atoms with E-state index < -0.39 is 11.6 Å². The molecule has 4 nitrogen and oxygen atoms in total. The highest BCUT2D eigenvalue weighted by Gasteiger charge is 2.25. The van der Waals surface area contributed by atoms with Gasteiger partial charge in [0.1, 0.15) is 0 Å². The Morgan fingerprint density at radius 1 is 1.59 bits per heavy atom. The lowest BCUT2D eigenvalue weighted by molar-refractivity contribution is -0.123. The van der Waals surface area contributed by atoms with E-state index in [0.29, 0.717) is 12.8 Å². The molecule has 4 heteroatoms. The number of aryl methyl sites for hydroxylation is 1. The number of pyridine rings is 1. The number of hydrogen-bond acceptors (Lipinski definition) is 3. The van der Waals surface area contributed by atoms with Crippen LogP contribution in [0.5, 0.6) is 0 Å². The molecule has 0 fully saturated rings. The topological polar surface area (TPSA) is 62.2 Å². The van der Waals surface area contributed by atoms with Gasteiger partial charge in [-0.05, 0) is 38.8 Å². The third kappa shape index (κ3) is 4.53. The van der Waals surface area contributed by atoms with Crippen LogP contribution in [0.25, 0.3) is 0 Å². The molecule has 0 aliphatic rings.